The second-order valence-electron chi connectivity index (χ2n) is 11.2. The molecule has 7 heteroatoms. The third-order valence-electron chi connectivity index (χ3n) is 7.76. The Balaban J connectivity index is 1.59. The molecule has 3 aromatic rings. The van der Waals surface area contributed by atoms with E-state index in [-0.39, 0.29) is 5.91 Å². The van der Waals surface area contributed by atoms with E-state index in [4.69, 9.17) is 14.5 Å². The van der Waals surface area contributed by atoms with E-state index < -0.39 is 0 Å². The molecule has 1 fully saturated rings. The van der Waals surface area contributed by atoms with Crippen molar-refractivity contribution in [2.24, 2.45) is 5.92 Å². The first-order chi connectivity index (χ1) is 19.0. The fourth-order valence-electron chi connectivity index (χ4n) is 5.57. The maximum absolute atomic E-state index is 14.0. The summed E-state index contributed by atoms with van der Waals surface area (Å²) in [5.41, 5.74) is 4.06. The molecule has 1 saturated carbocycles. The summed E-state index contributed by atoms with van der Waals surface area (Å²) in [7, 11) is 3.45. The first-order valence-electron chi connectivity index (χ1n) is 14.5. The molecule has 0 atom stereocenters. The molecule has 0 bridgehead atoms. The van der Waals surface area contributed by atoms with Gasteiger partial charge in [-0.1, -0.05) is 51.0 Å². The van der Waals surface area contributed by atoms with E-state index in [1.807, 2.05) is 23.1 Å². The molecule has 0 aliphatic heterocycles. The van der Waals surface area contributed by atoms with Crippen LogP contribution in [-0.4, -0.2) is 72.3 Å². The van der Waals surface area contributed by atoms with Crippen LogP contribution in [0.15, 0.2) is 48.5 Å². The number of nitrogens with zero attached hydrogens (tertiary/aromatic N) is 4. The SMILES string of the molecule is COCCN(CCOC)Cc1cccc(C(=O)N(CCC(C)C)Cc2nc3ccccc3n2C2CCCC2)c1. The number of ether oxygens (including phenoxy) is 2. The number of methoxy groups -OCH3 is 2. The van der Waals surface area contributed by atoms with Crippen molar-refractivity contribution in [2.75, 3.05) is 47.1 Å². The topological polar surface area (TPSA) is 59.8 Å². The van der Waals surface area contributed by atoms with E-state index >= 15 is 0 Å². The minimum Gasteiger partial charge on any atom is -0.383 e. The number of aromatic nitrogens is 2. The van der Waals surface area contributed by atoms with Crippen LogP contribution in [0.25, 0.3) is 11.0 Å². The number of hydrogen-bond donors (Lipinski definition) is 0. The molecule has 0 unspecified atom stereocenters. The van der Waals surface area contributed by atoms with Crippen molar-refractivity contribution in [3.05, 3.63) is 65.5 Å². The Kier molecular flexibility index (Phi) is 10.9. The van der Waals surface area contributed by atoms with Crippen LogP contribution >= 0.6 is 0 Å². The molecule has 0 N–H and O–H groups in total. The van der Waals surface area contributed by atoms with Crippen LogP contribution < -0.4 is 0 Å². The van der Waals surface area contributed by atoms with E-state index in [9.17, 15) is 4.79 Å². The zero-order valence-electron chi connectivity index (χ0n) is 24.3. The number of imidazole rings is 1. The van der Waals surface area contributed by atoms with Crippen LogP contribution in [0.1, 0.15) is 73.7 Å². The highest BCUT2D eigenvalue weighted by Gasteiger charge is 2.25. The Bertz CT molecular complexity index is 1180. The van der Waals surface area contributed by atoms with Gasteiger partial charge in [-0.05, 0) is 55.0 Å². The van der Waals surface area contributed by atoms with Gasteiger partial charge in [0.25, 0.3) is 5.91 Å². The number of benzene rings is 2. The van der Waals surface area contributed by atoms with Crippen molar-refractivity contribution in [3.63, 3.8) is 0 Å². The molecule has 7 nitrogen and oxygen atoms in total. The third kappa shape index (κ3) is 7.90. The van der Waals surface area contributed by atoms with Crippen LogP contribution in [0.2, 0.25) is 0 Å². The van der Waals surface area contributed by atoms with Crippen LogP contribution in [0.5, 0.6) is 0 Å². The van der Waals surface area contributed by atoms with Gasteiger partial charge in [0, 0.05) is 52.0 Å². The molecule has 2 aromatic carbocycles. The molecule has 1 aliphatic carbocycles. The van der Waals surface area contributed by atoms with Gasteiger partial charge in [0.2, 0.25) is 0 Å². The zero-order chi connectivity index (χ0) is 27.6. The summed E-state index contributed by atoms with van der Waals surface area (Å²) >= 11 is 0. The minimum atomic E-state index is 0.0721. The minimum absolute atomic E-state index is 0.0721. The lowest BCUT2D eigenvalue weighted by molar-refractivity contribution is 0.0728. The van der Waals surface area contributed by atoms with Crippen molar-refractivity contribution in [1.82, 2.24) is 19.4 Å². The zero-order valence-corrected chi connectivity index (χ0v) is 24.3. The molecule has 0 saturated heterocycles. The summed E-state index contributed by atoms with van der Waals surface area (Å²) in [4.78, 5) is 23.4. The first kappa shape index (κ1) is 29.2. The van der Waals surface area contributed by atoms with Gasteiger partial charge in [-0.25, -0.2) is 4.98 Å². The summed E-state index contributed by atoms with van der Waals surface area (Å²) in [6.07, 6.45) is 5.82. The lowest BCUT2D eigenvalue weighted by atomic mass is 10.1. The Morgan fingerprint density at radius 3 is 2.38 bits per heavy atom. The van der Waals surface area contributed by atoms with Crippen LogP contribution in [0, 0.1) is 5.92 Å². The van der Waals surface area contributed by atoms with Crippen molar-refractivity contribution in [1.29, 1.82) is 0 Å². The molecule has 39 heavy (non-hydrogen) atoms. The van der Waals surface area contributed by atoms with Gasteiger partial charge in [0.05, 0.1) is 30.8 Å². The number of rotatable bonds is 15. The first-order valence-corrected chi connectivity index (χ1v) is 14.5. The Hall–Kier alpha value is -2.74. The molecule has 4 rings (SSSR count). The fraction of sp³-hybridized carbons (Fsp3) is 0.562. The van der Waals surface area contributed by atoms with Crippen molar-refractivity contribution < 1.29 is 14.3 Å². The average Bonchev–Trinajstić information content (AvgIpc) is 3.59. The standard InChI is InChI=1S/C32H46N4O3/c1-25(2)16-17-35(24-31-33-29-14-7-8-15-30(29)36(31)28-12-5-6-13-28)32(37)27-11-9-10-26(22-27)23-34(18-20-38-3)19-21-39-4/h7-11,14-15,22,25,28H,5-6,12-13,16-21,23-24H2,1-4H3. The normalized spacial score (nSPS) is 14.2. The molecule has 1 heterocycles. The van der Waals surface area contributed by atoms with E-state index in [0.717, 1.165) is 48.5 Å². The largest absolute Gasteiger partial charge is 0.383 e. The Morgan fingerprint density at radius 1 is 0.974 bits per heavy atom. The van der Waals surface area contributed by atoms with Gasteiger partial charge >= 0.3 is 0 Å². The monoisotopic (exact) mass is 534 g/mol. The fourth-order valence-corrected chi connectivity index (χ4v) is 5.57. The van der Waals surface area contributed by atoms with E-state index in [1.54, 1.807) is 14.2 Å². The summed E-state index contributed by atoms with van der Waals surface area (Å²) in [6, 6.07) is 17.0. The van der Waals surface area contributed by atoms with Gasteiger partial charge in [0.15, 0.2) is 0 Å². The third-order valence-corrected chi connectivity index (χ3v) is 7.76. The molecule has 1 aliphatic rings. The number of fused-ring (bicyclic) bond motifs is 1. The number of para-hydroxylation sites is 2. The molecule has 1 aromatic heterocycles. The molecule has 1 amide bonds. The van der Waals surface area contributed by atoms with Gasteiger partial charge in [-0.2, -0.15) is 0 Å². The maximum Gasteiger partial charge on any atom is 0.254 e. The number of carbonyl (C=O) groups is 1. The highest BCUT2D eigenvalue weighted by molar-refractivity contribution is 5.94. The van der Waals surface area contributed by atoms with E-state index in [1.165, 1.54) is 31.2 Å². The van der Waals surface area contributed by atoms with Crippen molar-refractivity contribution in [2.45, 2.75) is 65.1 Å². The second kappa shape index (κ2) is 14.6. The molecular weight excluding hydrogens is 488 g/mol. The lowest BCUT2D eigenvalue weighted by Crippen LogP contribution is -2.34. The Labute approximate surface area is 234 Å². The highest BCUT2D eigenvalue weighted by atomic mass is 16.5. The van der Waals surface area contributed by atoms with Gasteiger partial charge in [0.1, 0.15) is 5.82 Å². The summed E-state index contributed by atoms with van der Waals surface area (Å²) in [6.45, 7) is 9.36. The van der Waals surface area contributed by atoms with Crippen LogP contribution in [0.4, 0.5) is 0 Å². The summed E-state index contributed by atoms with van der Waals surface area (Å²) in [5, 5.41) is 0. The molecular formula is C32H46N4O3. The summed E-state index contributed by atoms with van der Waals surface area (Å²) < 4.78 is 13.0. The average molecular weight is 535 g/mol. The van der Waals surface area contributed by atoms with Crippen molar-refractivity contribution in [3.8, 4) is 0 Å². The number of hydrogen-bond acceptors (Lipinski definition) is 5. The predicted molar refractivity (Wildman–Crippen MR) is 157 cm³/mol. The predicted octanol–water partition coefficient (Wildman–Crippen LogP) is 5.93. The van der Waals surface area contributed by atoms with Crippen LogP contribution in [-0.2, 0) is 22.6 Å². The second-order valence-corrected chi connectivity index (χ2v) is 11.2. The van der Waals surface area contributed by atoms with Gasteiger partial charge in [-0.3, -0.25) is 9.69 Å². The van der Waals surface area contributed by atoms with E-state index in [0.29, 0.717) is 38.3 Å². The number of carbonyl (C=O) groups excluding carboxylic acids is 1. The number of amides is 1. The Morgan fingerprint density at radius 2 is 1.69 bits per heavy atom. The van der Waals surface area contributed by atoms with Crippen molar-refractivity contribution >= 4 is 16.9 Å². The lowest BCUT2D eigenvalue weighted by Gasteiger charge is -2.26. The highest BCUT2D eigenvalue weighted by Crippen LogP contribution is 2.34. The smallest absolute Gasteiger partial charge is 0.254 e. The van der Waals surface area contributed by atoms with Gasteiger partial charge in [-0.15, -0.1) is 0 Å². The quantitative estimate of drug-likeness (QED) is 0.242. The van der Waals surface area contributed by atoms with Gasteiger partial charge < -0.3 is 18.9 Å². The molecule has 0 spiro atoms. The molecule has 0 radical (unpaired) electrons. The van der Waals surface area contributed by atoms with Crippen LogP contribution in [0.3, 0.4) is 0 Å². The van der Waals surface area contributed by atoms with E-state index in [2.05, 4.69) is 53.6 Å². The summed E-state index contributed by atoms with van der Waals surface area (Å²) in [5.74, 6) is 1.58. The maximum atomic E-state index is 14.0. The molecule has 212 valence electrons.